The minimum atomic E-state index is -0.153. The standard InChI is InChI=1S/C16H24N2O/c1-12(2)13-5-7-14(8-6-13)18(4)15(19)16(9-10-16)11-17-3/h5-8,12,17H,9-11H2,1-4H3. The number of hydrogen-bond acceptors (Lipinski definition) is 2. The lowest BCUT2D eigenvalue weighted by molar-refractivity contribution is -0.123. The van der Waals surface area contributed by atoms with E-state index >= 15 is 0 Å². The van der Waals surface area contributed by atoms with Crippen LogP contribution in [0.25, 0.3) is 0 Å². The smallest absolute Gasteiger partial charge is 0.234 e. The van der Waals surface area contributed by atoms with Crippen molar-refractivity contribution in [2.45, 2.75) is 32.6 Å². The number of nitrogens with one attached hydrogen (secondary N) is 1. The summed E-state index contributed by atoms with van der Waals surface area (Å²) >= 11 is 0. The minimum absolute atomic E-state index is 0.153. The van der Waals surface area contributed by atoms with Crippen LogP contribution in [-0.2, 0) is 4.79 Å². The second kappa shape index (κ2) is 5.33. The molecule has 1 amide bonds. The fourth-order valence-corrected chi connectivity index (χ4v) is 2.51. The monoisotopic (exact) mass is 260 g/mol. The lowest BCUT2D eigenvalue weighted by atomic mass is 10.0. The molecule has 1 aliphatic carbocycles. The first-order valence-electron chi connectivity index (χ1n) is 7.03. The molecule has 1 N–H and O–H groups in total. The SMILES string of the molecule is CNCC1(C(=O)N(C)c2ccc(C(C)C)cc2)CC1. The third-order valence-corrected chi connectivity index (χ3v) is 4.07. The Bertz CT molecular complexity index is 446. The van der Waals surface area contributed by atoms with Crippen molar-refractivity contribution in [3.8, 4) is 0 Å². The zero-order valence-corrected chi connectivity index (χ0v) is 12.4. The molecule has 0 atom stereocenters. The summed E-state index contributed by atoms with van der Waals surface area (Å²) in [5.74, 6) is 0.758. The van der Waals surface area contributed by atoms with Crippen LogP contribution < -0.4 is 10.2 Å². The Labute approximate surface area is 116 Å². The highest BCUT2D eigenvalue weighted by molar-refractivity contribution is 5.99. The van der Waals surface area contributed by atoms with E-state index in [2.05, 4.69) is 31.3 Å². The van der Waals surface area contributed by atoms with E-state index in [4.69, 9.17) is 0 Å². The topological polar surface area (TPSA) is 32.3 Å². The maximum atomic E-state index is 12.5. The van der Waals surface area contributed by atoms with Gasteiger partial charge in [-0.25, -0.2) is 0 Å². The van der Waals surface area contributed by atoms with Crippen molar-refractivity contribution in [1.29, 1.82) is 0 Å². The first-order chi connectivity index (χ1) is 9.00. The number of anilines is 1. The van der Waals surface area contributed by atoms with Gasteiger partial charge in [-0.05, 0) is 43.5 Å². The third kappa shape index (κ3) is 2.81. The number of benzene rings is 1. The highest BCUT2D eigenvalue weighted by atomic mass is 16.2. The first-order valence-corrected chi connectivity index (χ1v) is 7.03. The third-order valence-electron chi connectivity index (χ3n) is 4.07. The quantitative estimate of drug-likeness (QED) is 0.883. The van der Waals surface area contributed by atoms with Gasteiger partial charge in [0.15, 0.2) is 0 Å². The molecule has 1 saturated carbocycles. The van der Waals surface area contributed by atoms with Crippen molar-refractivity contribution in [2.24, 2.45) is 5.41 Å². The van der Waals surface area contributed by atoms with E-state index in [0.29, 0.717) is 5.92 Å². The Morgan fingerprint density at radius 2 is 1.89 bits per heavy atom. The summed E-state index contributed by atoms with van der Waals surface area (Å²) in [6.07, 6.45) is 2.00. The molecule has 0 radical (unpaired) electrons. The van der Waals surface area contributed by atoms with Crippen LogP contribution in [0.5, 0.6) is 0 Å². The molecule has 3 nitrogen and oxygen atoms in total. The number of carbonyl (C=O) groups excluding carboxylic acids is 1. The predicted molar refractivity (Wildman–Crippen MR) is 79.5 cm³/mol. The average molecular weight is 260 g/mol. The molecule has 2 rings (SSSR count). The van der Waals surface area contributed by atoms with Crippen molar-refractivity contribution in [2.75, 3.05) is 25.5 Å². The lowest BCUT2D eigenvalue weighted by Crippen LogP contribution is -2.39. The predicted octanol–water partition coefficient (Wildman–Crippen LogP) is 2.77. The van der Waals surface area contributed by atoms with Crippen LogP contribution >= 0.6 is 0 Å². The van der Waals surface area contributed by atoms with Crippen LogP contribution in [-0.4, -0.2) is 26.5 Å². The summed E-state index contributed by atoms with van der Waals surface area (Å²) in [6, 6.07) is 8.31. The van der Waals surface area contributed by atoms with E-state index in [-0.39, 0.29) is 11.3 Å². The van der Waals surface area contributed by atoms with Crippen LogP contribution in [0.15, 0.2) is 24.3 Å². The van der Waals surface area contributed by atoms with Crippen LogP contribution in [0.3, 0.4) is 0 Å². The van der Waals surface area contributed by atoms with Gasteiger partial charge in [-0.3, -0.25) is 4.79 Å². The molecule has 0 aromatic heterocycles. The van der Waals surface area contributed by atoms with Crippen LogP contribution in [0, 0.1) is 5.41 Å². The average Bonchev–Trinajstić information content (AvgIpc) is 3.18. The zero-order chi connectivity index (χ0) is 14.0. The molecule has 1 aromatic carbocycles. The van der Waals surface area contributed by atoms with E-state index < -0.39 is 0 Å². The van der Waals surface area contributed by atoms with Gasteiger partial charge in [-0.15, -0.1) is 0 Å². The normalized spacial score (nSPS) is 16.5. The molecule has 104 valence electrons. The van der Waals surface area contributed by atoms with Gasteiger partial charge < -0.3 is 10.2 Å². The molecule has 0 heterocycles. The summed E-state index contributed by atoms with van der Waals surface area (Å²) in [7, 11) is 3.78. The number of carbonyl (C=O) groups is 1. The highest BCUT2D eigenvalue weighted by Crippen LogP contribution is 2.47. The number of rotatable bonds is 5. The molecule has 0 unspecified atom stereocenters. The van der Waals surface area contributed by atoms with Crippen molar-refractivity contribution in [1.82, 2.24) is 5.32 Å². The Morgan fingerprint density at radius 1 is 1.32 bits per heavy atom. The number of amides is 1. The van der Waals surface area contributed by atoms with Crippen molar-refractivity contribution < 1.29 is 4.79 Å². The molecule has 0 spiro atoms. The van der Waals surface area contributed by atoms with E-state index in [1.54, 1.807) is 4.90 Å². The van der Waals surface area contributed by atoms with E-state index in [0.717, 1.165) is 25.1 Å². The van der Waals surface area contributed by atoms with Crippen LogP contribution in [0.4, 0.5) is 5.69 Å². The number of nitrogens with zero attached hydrogens (tertiary/aromatic N) is 1. The van der Waals surface area contributed by atoms with Gasteiger partial charge in [-0.2, -0.15) is 0 Å². The fourth-order valence-electron chi connectivity index (χ4n) is 2.51. The highest BCUT2D eigenvalue weighted by Gasteiger charge is 2.50. The largest absolute Gasteiger partial charge is 0.319 e. The van der Waals surface area contributed by atoms with Crippen molar-refractivity contribution in [3.63, 3.8) is 0 Å². The molecule has 0 saturated heterocycles. The summed E-state index contributed by atoms with van der Waals surface area (Å²) in [5, 5.41) is 3.13. The first kappa shape index (κ1) is 14.1. The maximum Gasteiger partial charge on any atom is 0.234 e. The van der Waals surface area contributed by atoms with Crippen LogP contribution in [0.2, 0.25) is 0 Å². The molecule has 3 heteroatoms. The number of hydrogen-bond donors (Lipinski definition) is 1. The molecular weight excluding hydrogens is 236 g/mol. The zero-order valence-electron chi connectivity index (χ0n) is 12.4. The van der Waals surface area contributed by atoms with Gasteiger partial charge in [-0.1, -0.05) is 26.0 Å². The summed E-state index contributed by atoms with van der Waals surface area (Å²) in [5.41, 5.74) is 2.14. The second-order valence-electron chi connectivity index (χ2n) is 5.92. The molecule has 1 aromatic rings. The Hall–Kier alpha value is -1.35. The molecule has 1 fully saturated rings. The van der Waals surface area contributed by atoms with Crippen molar-refractivity contribution >= 4 is 11.6 Å². The molecule has 1 aliphatic rings. The van der Waals surface area contributed by atoms with Gasteiger partial charge >= 0.3 is 0 Å². The second-order valence-corrected chi connectivity index (χ2v) is 5.92. The summed E-state index contributed by atoms with van der Waals surface area (Å²) < 4.78 is 0. The molecule has 0 aliphatic heterocycles. The molecule has 0 bridgehead atoms. The van der Waals surface area contributed by atoms with Gasteiger partial charge in [0.2, 0.25) is 5.91 Å². The Morgan fingerprint density at radius 3 is 2.32 bits per heavy atom. The van der Waals surface area contributed by atoms with Gasteiger partial charge in [0, 0.05) is 19.3 Å². The van der Waals surface area contributed by atoms with Gasteiger partial charge in [0.05, 0.1) is 5.41 Å². The van der Waals surface area contributed by atoms with E-state index in [9.17, 15) is 4.79 Å². The molecule has 19 heavy (non-hydrogen) atoms. The van der Waals surface area contributed by atoms with E-state index in [1.165, 1.54) is 5.56 Å². The fraction of sp³-hybridized carbons (Fsp3) is 0.562. The van der Waals surface area contributed by atoms with Gasteiger partial charge in [0.1, 0.15) is 0 Å². The summed E-state index contributed by atoms with van der Waals surface area (Å²) in [4.78, 5) is 14.3. The Kier molecular flexibility index (Phi) is 3.95. The van der Waals surface area contributed by atoms with Crippen LogP contribution in [0.1, 0.15) is 38.2 Å². The summed E-state index contributed by atoms with van der Waals surface area (Å²) in [6.45, 7) is 5.13. The minimum Gasteiger partial charge on any atom is -0.319 e. The Balaban J connectivity index is 2.11. The van der Waals surface area contributed by atoms with Gasteiger partial charge in [0.25, 0.3) is 0 Å². The van der Waals surface area contributed by atoms with E-state index in [1.807, 2.05) is 26.2 Å². The lowest BCUT2D eigenvalue weighted by Gasteiger charge is -2.24. The molecular formula is C16H24N2O. The van der Waals surface area contributed by atoms with Crippen molar-refractivity contribution in [3.05, 3.63) is 29.8 Å². The maximum absolute atomic E-state index is 12.5.